The van der Waals surface area contributed by atoms with E-state index in [1.165, 1.54) is 17.8 Å². The van der Waals surface area contributed by atoms with Gasteiger partial charge in [0.2, 0.25) is 0 Å². The van der Waals surface area contributed by atoms with Gasteiger partial charge in [-0.1, -0.05) is 20.3 Å². The highest BCUT2D eigenvalue weighted by molar-refractivity contribution is 7.16. The van der Waals surface area contributed by atoms with Crippen LogP contribution in [-0.2, 0) is 0 Å². The van der Waals surface area contributed by atoms with E-state index >= 15 is 0 Å². The number of nitriles is 1. The number of hydrogen-bond donors (Lipinski definition) is 1. The number of nitrogens with zero attached hydrogens (tertiary/aromatic N) is 2. The van der Waals surface area contributed by atoms with Crippen molar-refractivity contribution in [2.45, 2.75) is 20.3 Å². The van der Waals surface area contributed by atoms with Gasteiger partial charge < -0.3 is 5.32 Å². The average Bonchev–Trinajstić information content (AvgIpc) is 2.88. The van der Waals surface area contributed by atoms with Gasteiger partial charge in [-0.25, -0.2) is 4.98 Å². The summed E-state index contributed by atoms with van der Waals surface area (Å²) < 4.78 is 0. The average molecular weight is 259 g/mol. The molecule has 0 bridgehead atoms. The Labute approximate surface area is 112 Å². The molecule has 2 aromatic rings. The van der Waals surface area contributed by atoms with Crippen molar-refractivity contribution >= 4 is 17.2 Å². The Balaban J connectivity index is 0.000000492. The number of nitrogens with one attached hydrogen (secondary N) is 1. The summed E-state index contributed by atoms with van der Waals surface area (Å²) in [5.74, 6) is 0.833. The van der Waals surface area contributed by atoms with Crippen LogP contribution in [-0.4, -0.2) is 12.0 Å². The summed E-state index contributed by atoms with van der Waals surface area (Å²) in [5.41, 5.74) is 1.08. The summed E-state index contributed by atoms with van der Waals surface area (Å²) in [6, 6.07) is 9.83. The second kappa shape index (κ2) is 7.46. The van der Waals surface area contributed by atoms with Gasteiger partial charge in [-0.15, -0.1) is 11.3 Å². The zero-order chi connectivity index (χ0) is 13.4. The van der Waals surface area contributed by atoms with E-state index in [-0.39, 0.29) is 0 Å². The molecule has 0 saturated carbocycles. The number of anilines is 1. The first-order valence-corrected chi connectivity index (χ1v) is 6.70. The van der Waals surface area contributed by atoms with Crippen LogP contribution in [0.1, 0.15) is 25.1 Å². The maximum absolute atomic E-state index is 8.73. The topological polar surface area (TPSA) is 48.7 Å². The molecule has 18 heavy (non-hydrogen) atoms. The summed E-state index contributed by atoms with van der Waals surface area (Å²) in [4.78, 5) is 5.96. The van der Waals surface area contributed by atoms with E-state index in [2.05, 4.69) is 30.2 Å². The van der Waals surface area contributed by atoms with Crippen molar-refractivity contribution in [3.63, 3.8) is 0 Å². The third-order valence-corrected chi connectivity index (χ3v) is 3.06. The smallest absolute Gasteiger partial charge is 0.126 e. The van der Waals surface area contributed by atoms with Crippen LogP contribution in [0.4, 0.5) is 5.82 Å². The summed E-state index contributed by atoms with van der Waals surface area (Å²) in [6.45, 7) is 4.25. The molecule has 0 atom stereocenters. The zero-order valence-electron chi connectivity index (χ0n) is 10.9. The lowest BCUT2D eigenvalue weighted by atomic mass is 10.2. The lowest BCUT2D eigenvalue weighted by Crippen LogP contribution is -1.90. The molecule has 0 spiro atoms. The number of hydrogen-bond acceptors (Lipinski definition) is 4. The standard InChI is InChI=1S/C11H9N3S.C3H8/c1-13-11-6-8(4-5-14-11)10-3-2-9(7-12)15-10;1-3-2/h2-6H,1H3,(H,13,14);3H2,1-2H3. The van der Waals surface area contributed by atoms with Crippen LogP contribution in [0.2, 0.25) is 0 Å². The molecule has 0 radical (unpaired) electrons. The van der Waals surface area contributed by atoms with Gasteiger partial charge >= 0.3 is 0 Å². The largest absolute Gasteiger partial charge is 0.373 e. The SMILES string of the molecule is CCC.CNc1cc(-c2ccc(C#N)s2)ccn1. The highest BCUT2D eigenvalue weighted by Crippen LogP contribution is 2.28. The number of aromatic nitrogens is 1. The quantitative estimate of drug-likeness (QED) is 0.881. The first-order chi connectivity index (χ1) is 8.74. The van der Waals surface area contributed by atoms with Gasteiger partial charge in [0.25, 0.3) is 0 Å². The molecule has 0 aliphatic carbocycles. The molecule has 2 heterocycles. The highest BCUT2D eigenvalue weighted by Gasteiger charge is 2.03. The molecule has 2 aromatic heterocycles. The maximum Gasteiger partial charge on any atom is 0.126 e. The van der Waals surface area contributed by atoms with Gasteiger partial charge in [0.1, 0.15) is 16.8 Å². The lowest BCUT2D eigenvalue weighted by molar-refractivity contribution is 1.09. The van der Waals surface area contributed by atoms with Crippen LogP contribution >= 0.6 is 11.3 Å². The molecule has 94 valence electrons. The van der Waals surface area contributed by atoms with Crippen LogP contribution < -0.4 is 5.32 Å². The van der Waals surface area contributed by atoms with Crippen LogP contribution in [0, 0.1) is 11.3 Å². The van der Waals surface area contributed by atoms with Crippen LogP contribution in [0.3, 0.4) is 0 Å². The lowest BCUT2D eigenvalue weighted by Gasteiger charge is -2.00. The van der Waals surface area contributed by atoms with Crippen molar-refractivity contribution in [3.8, 4) is 16.5 Å². The normalized spacial score (nSPS) is 9.00. The molecular weight excluding hydrogens is 242 g/mol. The van der Waals surface area contributed by atoms with E-state index in [0.29, 0.717) is 0 Å². The summed E-state index contributed by atoms with van der Waals surface area (Å²) >= 11 is 1.49. The third kappa shape index (κ3) is 3.86. The predicted octanol–water partition coefficient (Wildman–Crippen LogP) is 4.14. The van der Waals surface area contributed by atoms with Crippen molar-refractivity contribution in [2.75, 3.05) is 12.4 Å². The Morgan fingerprint density at radius 1 is 1.33 bits per heavy atom. The Morgan fingerprint density at radius 2 is 2.06 bits per heavy atom. The number of pyridine rings is 1. The van der Waals surface area contributed by atoms with Crippen molar-refractivity contribution in [1.29, 1.82) is 5.26 Å². The van der Waals surface area contributed by atoms with Crippen LogP contribution in [0.15, 0.2) is 30.5 Å². The molecule has 0 aliphatic heterocycles. The van der Waals surface area contributed by atoms with Gasteiger partial charge in [-0.05, 0) is 29.8 Å². The second-order valence-corrected chi connectivity index (χ2v) is 4.75. The van der Waals surface area contributed by atoms with Gasteiger partial charge in [0.15, 0.2) is 0 Å². The molecule has 0 amide bonds. The minimum atomic E-state index is 0.729. The van der Waals surface area contributed by atoms with Gasteiger partial charge in [-0.3, -0.25) is 0 Å². The first kappa shape index (κ1) is 14.2. The second-order valence-electron chi connectivity index (χ2n) is 3.66. The minimum absolute atomic E-state index is 0.729. The molecule has 0 aliphatic rings. The monoisotopic (exact) mass is 259 g/mol. The first-order valence-electron chi connectivity index (χ1n) is 5.89. The van der Waals surface area contributed by atoms with E-state index in [0.717, 1.165) is 21.1 Å². The predicted molar refractivity (Wildman–Crippen MR) is 77.8 cm³/mol. The highest BCUT2D eigenvalue weighted by atomic mass is 32.1. The Kier molecular flexibility index (Phi) is 5.89. The van der Waals surface area contributed by atoms with Crippen molar-refractivity contribution in [2.24, 2.45) is 0 Å². The fourth-order valence-corrected chi connectivity index (χ4v) is 2.07. The summed E-state index contributed by atoms with van der Waals surface area (Å²) in [7, 11) is 1.83. The molecule has 0 unspecified atom stereocenters. The zero-order valence-corrected chi connectivity index (χ0v) is 11.7. The minimum Gasteiger partial charge on any atom is -0.373 e. The fraction of sp³-hybridized carbons (Fsp3) is 0.286. The van der Waals surface area contributed by atoms with Crippen LogP contribution in [0.25, 0.3) is 10.4 Å². The maximum atomic E-state index is 8.73. The number of rotatable bonds is 2. The Morgan fingerprint density at radius 3 is 2.61 bits per heavy atom. The van der Waals surface area contributed by atoms with Crippen molar-refractivity contribution in [3.05, 3.63) is 35.3 Å². The van der Waals surface area contributed by atoms with E-state index in [4.69, 9.17) is 5.26 Å². The molecule has 2 rings (SSSR count). The molecule has 4 heteroatoms. The van der Waals surface area contributed by atoms with Gasteiger partial charge in [0, 0.05) is 18.1 Å². The molecule has 0 fully saturated rings. The fourth-order valence-electron chi connectivity index (χ4n) is 1.27. The molecule has 3 nitrogen and oxygen atoms in total. The summed E-state index contributed by atoms with van der Waals surface area (Å²) in [5, 5.41) is 11.7. The van der Waals surface area contributed by atoms with Crippen LogP contribution in [0.5, 0.6) is 0 Å². The molecule has 0 aromatic carbocycles. The van der Waals surface area contributed by atoms with E-state index < -0.39 is 0 Å². The van der Waals surface area contributed by atoms with Gasteiger partial charge in [-0.2, -0.15) is 5.26 Å². The van der Waals surface area contributed by atoms with Crippen molar-refractivity contribution < 1.29 is 0 Å². The molecule has 0 saturated heterocycles. The van der Waals surface area contributed by atoms with E-state index in [1.807, 2.05) is 31.3 Å². The number of thiophene rings is 1. The molecule has 1 N–H and O–H groups in total. The summed E-state index contributed by atoms with van der Waals surface area (Å²) in [6.07, 6.45) is 3.01. The Bertz CT molecular complexity index is 526. The third-order valence-electron chi connectivity index (χ3n) is 2.02. The Hall–Kier alpha value is -1.86. The van der Waals surface area contributed by atoms with Crippen molar-refractivity contribution in [1.82, 2.24) is 4.98 Å². The van der Waals surface area contributed by atoms with Gasteiger partial charge in [0.05, 0.1) is 0 Å². The van der Waals surface area contributed by atoms with E-state index in [9.17, 15) is 0 Å². The van der Waals surface area contributed by atoms with E-state index in [1.54, 1.807) is 6.20 Å². The molecular formula is C14H17N3S.